The number of aliphatic hydroxyl groups excluding tert-OH is 1. The molecule has 2 aliphatic heterocycles. The standard InChI is InChI=1S/C24H22N4O5/c29-22(16-5-6-18-19(14-16)33-13-12-32-18)20-21(17-4-1-2-7-26-17)28(24(31)23(20)30)10-3-9-27-11-8-25-15-27/h1-2,4-8,11,14-15,21,29H,3,9-10,12-13H2/b22-20+/t21-/m1/s1. The van der Waals surface area contributed by atoms with E-state index in [0.717, 1.165) is 0 Å². The SMILES string of the molecule is O=C1C(=O)N(CCCn2ccnc2)[C@H](c2ccccn2)/C1=C(\O)c1ccc2c(c1)OCCO2. The molecule has 1 atom stereocenters. The van der Waals surface area contributed by atoms with Gasteiger partial charge in [-0.15, -0.1) is 0 Å². The van der Waals surface area contributed by atoms with Crippen LogP contribution in [0.25, 0.3) is 5.76 Å². The number of likely N-dealkylation sites (tertiary alicyclic amines) is 1. The second-order valence-corrected chi connectivity index (χ2v) is 7.76. The van der Waals surface area contributed by atoms with E-state index in [2.05, 4.69) is 9.97 Å². The first-order valence-electron chi connectivity index (χ1n) is 10.7. The lowest BCUT2D eigenvalue weighted by molar-refractivity contribution is -0.140. The van der Waals surface area contributed by atoms with Crippen molar-refractivity contribution in [1.82, 2.24) is 19.4 Å². The van der Waals surface area contributed by atoms with E-state index in [9.17, 15) is 14.7 Å². The topological polar surface area (TPSA) is 107 Å². The van der Waals surface area contributed by atoms with Crippen molar-refractivity contribution in [2.75, 3.05) is 19.8 Å². The van der Waals surface area contributed by atoms with Gasteiger partial charge in [-0.05, 0) is 36.8 Å². The Hall–Kier alpha value is -4.14. The molecule has 0 spiro atoms. The van der Waals surface area contributed by atoms with Gasteiger partial charge in [0.2, 0.25) is 0 Å². The maximum absolute atomic E-state index is 13.1. The van der Waals surface area contributed by atoms with Gasteiger partial charge in [0.1, 0.15) is 25.0 Å². The number of aromatic nitrogens is 3. The molecule has 2 aromatic heterocycles. The maximum Gasteiger partial charge on any atom is 0.295 e. The number of fused-ring (bicyclic) bond motifs is 1. The largest absolute Gasteiger partial charge is 0.507 e. The molecule has 0 bridgehead atoms. The van der Waals surface area contributed by atoms with E-state index < -0.39 is 17.7 Å². The molecule has 168 valence electrons. The average molecular weight is 446 g/mol. The van der Waals surface area contributed by atoms with Crippen LogP contribution in [-0.4, -0.2) is 56.0 Å². The van der Waals surface area contributed by atoms with Crippen LogP contribution >= 0.6 is 0 Å². The van der Waals surface area contributed by atoms with E-state index in [0.29, 0.717) is 55.5 Å². The van der Waals surface area contributed by atoms with Gasteiger partial charge in [0.15, 0.2) is 11.5 Å². The van der Waals surface area contributed by atoms with E-state index in [1.165, 1.54) is 4.90 Å². The molecule has 1 saturated heterocycles. The van der Waals surface area contributed by atoms with Crippen LogP contribution in [-0.2, 0) is 16.1 Å². The first kappa shape index (κ1) is 20.7. The minimum atomic E-state index is -0.790. The van der Waals surface area contributed by atoms with Crippen LogP contribution in [0.4, 0.5) is 0 Å². The minimum Gasteiger partial charge on any atom is -0.507 e. The molecule has 0 saturated carbocycles. The average Bonchev–Trinajstić information content (AvgIpc) is 3.46. The first-order valence-corrected chi connectivity index (χ1v) is 10.7. The number of carbonyl (C=O) groups is 2. The Kier molecular flexibility index (Phi) is 5.52. The smallest absolute Gasteiger partial charge is 0.295 e. The predicted molar refractivity (Wildman–Crippen MR) is 118 cm³/mol. The third-order valence-electron chi connectivity index (χ3n) is 5.70. The van der Waals surface area contributed by atoms with Crippen molar-refractivity contribution in [2.24, 2.45) is 0 Å². The van der Waals surface area contributed by atoms with E-state index in [-0.39, 0.29) is 11.3 Å². The molecule has 33 heavy (non-hydrogen) atoms. The molecule has 3 aromatic rings. The third kappa shape index (κ3) is 3.93. The van der Waals surface area contributed by atoms with Crippen molar-refractivity contribution in [3.05, 3.63) is 78.1 Å². The van der Waals surface area contributed by atoms with Gasteiger partial charge in [-0.1, -0.05) is 6.07 Å². The Balaban J connectivity index is 1.52. The fourth-order valence-electron chi connectivity index (χ4n) is 4.14. The van der Waals surface area contributed by atoms with Crippen molar-refractivity contribution < 1.29 is 24.2 Å². The highest BCUT2D eigenvalue weighted by Gasteiger charge is 2.46. The second-order valence-electron chi connectivity index (χ2n) is 7.76. The molecule has 2 aliphatic rings. The Morgan fingerprint density at radius 1 is 1.06 bits per heavy atom. The zero-order chi connectivity index (χ0) is 22.8. The Labute approximate surface area is 189 Å². The summed E-state index contributed by atoms with van der Waals surface area (Å²) in [5, 5.41) is 11.2. The summed E-state index contributed by atoms with van der Waals surface area (Å²) in [6.07, 6.45) is 7.44. The third-order valence-corrected chi connectivity index (χ3v) is 5.70. The van der Waals surface area contributed by atoms with Crippen LogP contribution in [0.2, 0.25) is 0 Å². The number of Topliss-reactive ketones (excluding diaryl/α,β-unsaturated/α-hetero) is 1. The molecule has 1 aromatic carbocycles. The van der Waals surface area contributed by atoms with Gasteiger partial charge in [0.25, 0.3) is 11.7 Å². The molecule has 0 unspecified atom stereocenters. The number of benzene rings is 1. The summed E-state index contributed by atoms with van der Waals surface area (Å²) < 4.78 is 13.0. The van der Waals surface area contributed by atoms with Gasteiger partial charge in [0.05, 0.1) is 17.6 Å². The van der Waals surface area contributed by atoms with Gasteiger partial charge < -0.3 is 24.0 Å². The van der Waals surface area contributed by atoms with Crippen molar-refractivity contribution in [3.8, 4) is 11.5 Å². The molecule has 0 radical (unpaired) electrons. The molecule has 1 fully saturated rings. The molecular weight excluding hydrogens is 424 g/mol. The number of aliphatic hydroxyl groups is 1. The van der Waals surface area contributed by atoms with Crippen molar-refractivity contribution in [1.29, 1.82) is 0 Å². The highest BCUT2D eigenvalue weighted by molar-refractivity contribution is 6.46. The second kappa shape index (κ2) is 8.78. The number of nitrogens with zero attached hydrogens (tertiary/aromatic N) is 4. The van der Waals surface area contributed by atoms with Gasteiger partial charge >= 0.3 is 0 Å². The van der Waals surface area contributed by atoms with Gasteiger partial charge in [0, 0.05) is 37.2 Å². The lowest BCUT2D eigenvalue weighted by atomic mass is 9.98. The molecule has 4 heterocycles. The van der Waals surface area contributed by atoms with E-state index in [1.807, 2.05) is 10.8 Å². The van der Waals surface area contributed by atoms with E-state index in [4.69, 9.17) is 9.47 Å². The lowest BCUT2D eigenvalue weighted by Gasteiger charge is -2.24. The molecule has 1 N–H and O–H groups in total. The van der Waals surface area contributed by atoms with Crippen molar-refractivity contribution >= 4 is 17.4 Å². The molecule has 5 rings (SSSR count). The normalized spacial score (nSPS) is 19.2. The van der Waals surface area contributed by atoms with Crippen molar-refractivity contribution in [3.63, 3.8) is 0 Å². The Morgan fingerprint density at radius 3 is 2.67 bits per heavy atom. The maximum atomic E-state index is 13.1. The lowest BCUT2D eigenvalue weighted by Crippen LogP contribution is -2.31. The molecular formula is C24H22N4O5. The van der Waals surface area contributed by atoms with Crippen LogP contribution in [0.1, 0.15) is 23.7 Å². The van der Waals surface area contributed by atoms with Crippen molar-refractivity contribution in [2.45, 2.75) is 19.0 Å². The van der Waals surface area contributed by atoms with Crippen LogP contribution in [0, 0.1) is 0 Å². The van der Waals surface area contributed by atoms with Crippen LogP contribution < -0.4 is 9.47 Å². The summed E-state index contributed by atoms with van der Waals surface area (Å²) in [5.41, 5.74) is 0.896. The molecule has 0 aliphatic carbocycles. The summed E-state index contributed by atoms with van der Waals surface area (Å²) in [6.45, 7) is 1.80. The van der Waals surface area contributed by atoms with Gasteiger partial charge in [-0.3, -0.25) is 14.6 Å². The van der Waals surface area contributed by atoms with Gasteiger partial charge in [-0.2, -0.15) is 0 Å². The zero-order valence-electron chi connectivity index (χ0n) is 17.8. The number of hydrogen-bond acceptors (Lipinski definition) is 7. The highest BCUT2D eigenvalue weighted by Crippen LogP contribution is 2.40. The fraction of sp³-hybridized carbons (Fsp3) is 0.250. The molecule has 9 nitrogen and oxygen atoms in total. The summed E-state index contributed by atoms with van der Waals surface area (Å²) in [7, 11) is 0. The fourth-order valence-corrected chi connectivity index (χ4v) is 4.14. The number of carbonyl (C=O) groups excluding carboxylic acids is 2. The van der Waals surface area contributed by atoms with Crippen LogP contribution in [0.5, 0.6) is 11.5 Å². The Morgan fingerprint density at radius 2 is 1.91 bits per heavy atom. The van der Waals surface area contributed by atoms with Gasteiger partial charge in [-0.25, -0.2) is 4.98 Å². The van der Waals surface area contributed by atoms with Crippen LogP contribution in [0.3, 0.4) is 0 Å². The number of hydrogen-bond donors (Lipinski definition) is 1. The predicted octanol–water partition coefficient (Wildman–Crippen LogP) is 2.56. The minimum absolute atomic E-state index is 0.0120. The summed E-state index contributed by atoms with van der Waals surface area (Å²) >= 11 is 0. The zero-order valence-corrected chi connectivity index (χ0v) is 17.8. The molecule has 1 amide bonds. The number of aryl methyl sites for hydroxylation is 1. The summed E-state index contributed by atoms with van der Waals surface area (Å²) in [6, 6.07) is 9.45. The Bertz CT molecular complexity index is 1210. The number of amides is 1. The number of rotatable bonds is 6. The van der Waals surface area contributed by atoms with E-state index in [1.54, 1.807) is 55.1 Å². The number of imidazole rings is 1. The van der Waals surface area contributed by atoms with E-state index >= 15 is 0 Å². The monoisotopic (exact) mass is 446 g/mol. The number of pyridine rings is 1. The number of ether oxygens (including phenoxy) is 2. The molecule has 9 heteroatoms. The number of ketones is 1. The quantitative estimate of drug-likeness (QED) is 0.352. The highest BCUT2D eigenvalue weighted by atomic mass is 16.6. The van der Waals surface area contributed by atoms with Crippen LogP contribution in [0.15, 0.2) is 66.9 Å². The summed E-state index contributed by atoms with van der Waals surface area (Å²) in [4.78, 5) is 36.0. The summed E-state index contributed by atoms with van der Waals surface area (Å²) in [5.74, 6) is -0.609. The first-order chi connectivity index (χ1) is 16.1.